The zero-order chi connectivity index (χ0) is 44.9. The summed E-state index contributed by atoms with van der Waals surface area (Å²) in [6, 6.07) is 7.84. The minimum atomic E-state index is -2.37. The molecule has 1 aromatic rings. The van der Waals surface area contributed by atoms with E-state index in [-0.39, 0.29) is 36.3 Å². The van der Waals surface area contributed by atoms with Gasteiger partial charge < -0.3 is 53.8 Å². The van der Waals surface area contributed by atoms with Gasteiger partial charge in [-0.05, 0) is 57.9 Å². The first kappa shape index (κ1) is 46.1. The summed E-state index contributed by atoms with van der Waals surface area (Å²) in [4.78, 5) is 84.0. The summed E-state index contributed by atoms with van der Waals surface area (Å²) in [6.07, 6.45) is -11.2. The first-order valence-corrected chi connectivity index (χ1v) is 20.5. The fourth-order valence-corrected chi connectivity index (χ4v) is 9.79. The summed E-state index contributed by atoms with van der Waals surface area (Å²) >= 11 is 0. The van der Waals surface area contributed by atoms with Crippen LogP contribution < -0.4 is 5.32 Å². The number of morpholine rings is 1. The molecule has 18 nitrogen and oxygen atoms in total. The molecular weight excluding hydrogens is 800 g/mol. The Morgan fingerprint density at radius 3 is 2.26 bits per heavy atom. The third-order valence-electron chi connectivity index (χ3n) is 13.0. The molecule has 5 aliphatic rings. The molecule has 1 amide bonds. The number of ketones is 1. The highest BCUT2D eigenvalue weighted by molar-refractivity contribution is 5.94. The van der Waals surface area contributed by atoms with Gasteiger partial charge in [0, 0.05) is 38.3 Å². The smallest absolute Gasteiger partial charge is 0.407 e. The second kappa shape index (κ2) is 17.0. The number of esters is 4. The Hall–Kier alpha value is -4.46. The lowest BCUT2D eigenvalue weighted by Gasteiger charge is -2.67. The number of hydrogen-bond donors (Lipinski definition) is 4. The number of ether oxygens (including phenoxy) is 7. The molecule has 10 atom stereocenters. The molecule has 1 aromatic carbocycles. The first-order chi connectivity index (χ1) is 28.5. The molecule has 2 saturated carbocycles. The molecule has 4 N–H and O–H groups in total. The van der Waals surface area contributed by atoms with Gasteiger partial charge in [-0.25, -0.2) is 14.4 Å². The molecule has 2 heterocycles. The Bertz CT molecular complexity index is 1920. The molecule has 0 aromatic heterocycles. The van der Waals surface area contributed by atoms with Gasteiger partial charge in [0.1, 0.15) is 35.6 Å². The minimum Gasteiger partial charge on any atom is -0.455 e. The lowest BCUT2D eigenvalue weighted by atomic mass is 9.44. The molecule has 0 unspecified atom stereocenters. The summed E-state index contributed by atoms with van der Waals surface area (Å²) in [5.41, 5.74) is -8.53. The van der Waals surface area contributed by atoms with Gasteiger partial charge in [0.25, 0.3) is 0 Å². The number of rotatable bonds is 10. The van der Waals surface area contributed by atoms with Gasteiger partial charge >= 0.3 is 30.0 Å². The van der Waals surface area contributed by atoms with E-state index < -0.39 is 119 Å². The van der Waals surface area contributed by atoms with Crippen LogP contribution in [0.3, 0.4) is 0 Å². The van der Waals surface area contributed by atoms with Crippen molar-refractivity contribution in [2.45, 2.75) is 122 Å². The SMILES string of the molecule is CC(=O)O[C@@]12CO[C@@H]1C[C@H](O)[C@@]1(C)C(=O)[C@H](O)C3=C(C)[C@@H](OC(=O)[C@@H](CNC(=O)OC(C)(C)C)OC(=O)CN4CCOCC4)C[C@@](O)([C@@H](OC(=O)c4ccccc4)[C@@H]21)C3(C)C. The van der Waals surface area contributed by atoms with Crippen LogP contribution in [0.1, 0.15) is 78.6 Å². The maximum Gasteiger partial charge on any atom is 0.407 e. The Kier molecular flexibility index (Phi) is 12.8. The summed E-state index contributed by atoms with van der Waals surface area (Å²) < 4.78 is 40.5. The third-order valence-corrected chi connectivity index (χ3v) is 13.0. The predicted molar refractivity (Wildman–Crippen MR) is 210 cm³/mol. The van der Waals surface area contributed by atoms with Gasteiger partial charge in [0.15, 0.2) is 11.4 Å². The lowest BCUT2D eigenvalue weighted by molar-refractivity contribution is -0.346. The fraction of sp³-hybridized carbons (Fsp3) is 0.674. The number of nitrogens with zero attached hydrogens (tertiary/aromatic N) is 1. The number of Topliss-reactive ketones (excluding diaryl/α,β-unsaturated/α-hetero) is 1. The van der Waals surface area contributed by atoms with E-state index in [2.05, 4.69) is 5.32 Å². The molecule has 3 aliphatic carbocycles. The average molecular weight is 859 g/mol. The Balaban J connectivity index is 1.44. The van der Waals surface area contributed by atoms with Crippen LogP contribution in [0.2, 0.25) is 0 Å². The highest BCUT2D eigenvalue weighted by Crippen LogP contribution is 2.64. The van der Waals surface area contributed by atoms with Crippen LogP contribution in [-0.4, -0.2) is 155 Å². The van der Waals surface area contributed by atoms with Gasteiger partial charge in [-0.15, -0.1) is 0 Å². The number of hydrogen-bond acceptors (Lipinski definition) is 17. The Labute approximate surface area is 354 Å². The first-order valence-electron chi connectivity index (χ1n) is 20.5. The van der Waals surface area contributed by atoms with Crippen LogP contribution >= 0.6 is 0 Å². The quantitative estimate of drug-likeness (QED) is 0.148. The predicted octanol–water partition coefficient (Wildman–Crippen LogP) is 1.40. The fourth-order valence-electron chi connectivity index (χ4n) is 9.79. The molecule has 6 rings (SSSR count). The van der Waals surface area contributed by atoms with E-state index in [1.54, 1.807) is 57.7 Å². The molecule has 18 heteroatoms. The zero-order valence-electron chi connectivity index (χ0n) is 35.9. The number of aliphatic hydroxyl groups excluding tert-OH is 2. The van der Waals surface area contributed by atoms with Gasteiger partial charge in [-0.2, -0.15) is 0 Å². The number of carbonyl (C=O) groups is 6. The number of aliphatic hydroxyl groups is 3. The number of amides is 1. The van der Waals surface area contributed by atoms with E-state index in [4.69, 9.17) is 33.2 Å². The summed E-state index contributed by atoms with van der Waals surface area (Å²) in [5.74, 6) is -6.13. The van der Waals surface area contributed by atoms with Gasteiger partial charge in [-0.1, -0.05) is 32.0 Å². The normalized spacial score (nSPS) is 33.9. The van der Waals surface area contributed by atoms with Crippen molar-refractivity contribution in [1.82, 2.24) is 10.2 Å². The zero-order valence-corrected chi connectivity index (χ0v) is 35.9. The van der Waals surface area contributed by atoms with Crippen molar-refractivity contribution in [3.8, 4) is 0 Å². The number of alkyl carbamates (subject to hydrolysis) is 1. The molecule has 2 bridgehead atoms. The summed E-state index contributed by atoms with van der Waals surface area (Å²) in [6.45, 7) is 12.6. The van der Waals surface area contributed by atoms with Gasteiger partial charge in [-0.3, -0.25) is 19.3 Å². The number of benzene rings is 1. The average Bonchev–Trinajstić information content (AvgIpc) is 3.17. The second-order valence-electron chi connectivity index (χ2n) is 18.3. The molecule has 61 heavy (non-hydrogen) atoms. The number of fused-ring (bicyclic) bond motifs is 5. The lowest BCUT2D eigenvalue weighted by Crippen LogP contribution is -2.81. The van der Waals surface area contributed by atoms with E-state index in [9.17, 15) is 39.3 Å². The third kappa shape index (κ3) is 8.54. The second-order valence-corrected chi connectivity index (χ2v) is 18.3. The topological polar surface area (TPSA) is 243 Å². The van der Waals surface area contributed by atoms with Crippen LogP contribution in [0.5, 0.6) is 0 Å². The Morgan fingerprint density at radius 2 is 1.67 bits per heavy atom. The van der Waals surface area contributed by atoms with Crippen LogP contribution in [0.4, 0.5) is 4.79 Å². The molecule has 2 aliphatic heterocycles. The maximum absolute atomic E-state index is 15.0. The number of nitrogens with one attached hydrogen (secondary N) is 1. The van der Waals surface area contributed by atoms with Crippen molar-refractivity contribution < 1.29 is 77.2 Å². The highest BCUT2D eigenvalue weighted by atomic mass is 16.6. The van der Waals surface area contributed by atoms with Gasteiger partial charge in [0.2, 0.25) is 6.10 Å². The van der Waals surface area contributed by atoms with Crippen molar-refractivity contribution in [3.05, 3.63) is 47.0 Å². The molecular formula is C43H58N2O16. The monoisotopic (exact) mass is 858 g/mol. The van der Waals surface area contributed by atoms with Crippen molar-refractivity contribution in [1.29, 1.82) is 0 Å². The van der Waals surface area contributed by atoms with Crippen LogP contribution in [-0.2, 0) is 52.3 Å². The van der Waals surface area contributed by atoms with Gasteiger partial charge in [0.05, 0.1) is 55.9 Å². The van der Waals surface area contributed by atoms with Crippen LogP contribution in [0.15, 0.2) is 41.5 Å². The largest absolute Gasteiger partial charge is 0.455 e. The van der Waals surface area contributed by atoms with E-state index >= 15 is 4.79 Å². The molecule has 4 fully saturated rings. The van der Waals surface area contributed by atoms with E-state index in [1.165, 1.54) is 26.0 Å². The minimum absolute atomic E-state index is 0.0713. The van der Waals surface area contributed by atoms with Crippen molar-refractivity contribution in [2.24, 2.45) is 16.7 Å². The molecule has 2 saturated heterocycles. The van der Waals surface area contributed by atoms with E-state index in [1.807, 2.05) is 0 Å². The highest BCUT2D eigenvalue weighted by Gasteiger charge is 2.78. The summed E-state index contributed by atoms with van der Waals surface area (Å²) in [7, 11) is 0. The van der Waals surface area contributed by atoms with Crippen molar-refractivity contribution in [2.75, 3.05) is 46.0 Å². The van der Waals surface area contributed by atoms with Crippen LogP contribution in [0.25, 0.3) is 0 Å². The van der Waals surface area contributed by atoms with Crippen molar-refractivity contribution in [3.63, 3.8) is 0 Å². The standard InChI is InChI=1S/C43H58N2O16/c1-23-26(58-37(52)27(20-44-38(53)61-39(3,4)5)57-30(48)21-45-14-16-55-17-15-45)19-43(54)35(59-36(51)25-12-10-9-11-13-25)33-41(8,34(50)32(49)31(23)40(43,6)7)28(47)18-29-42(33,22-56-29)60-24(2)46/h9-13,26-29,32-33,35,47,49,54H,14-22H2,1-8H3,(H,44,53)/t26-,27+,28-,29+,32+,33+,35-,41+,42-,43+/m0/s1. The number of carbonyl (C=O) groups excluding carboxylic acids is 6. The molecule has 0 spiro atoms. The van der Waals surface area contributed by atoms with Crippen LogP contribution in [0, 0.1) is 16.7 Å². The van der Waals surface area contributed by atoms with E-state index in [0.29, 0.717) is 26.3 Å². The van der Waals surface area contributed by atoms with E-state index in [0.717, 1.165) is 6.92 Å². The molecule has 336 valence electrons. The summed E-state index contributed by atoms with van der Waals surface area (Å²) in [5, 5.41) is 40.0. The Morgan fingerprint density at radius 1 is 1.02 bits per heavy atom. The van der Waals surface area contributed by atoms with Crippen molar-refractivity contribution >= 4 is 35.8 Å². The molecule has 0 radical (unpaired) electrons. The maximum atomic E-state index is 15.0.